The van der Waals surface area contributed by atoms with Gasteiger partial charge >= 0.3 is 6.03 Å². The maximum absolute atomic E-state index is 12.8. The topological polar surface area (TPSA) is 141 Å². The predicted octanol–water partition coefficient (Wildman–Crippen LogP) is 3.55. The van der Waals surface area contributed by atoms with Gasteiger partial charge in [-0.3, -0.25) is 14.7 Å². The Labute approximate surface area is 211 Å². The zero-order valence-electron chi connectivity index (χ0n) is 20.0. The molecule has 11 nitrogen and oxygen atoms in total. The van der Waals surface area contributed by atoms with Gasteiger partial charge < -0.3 is 19.9 Å². The summed E-state index contributed by atoms with van der Waals surface area (Å²) < 4.78 is 13.0. The molecule has 3 N–H and O–H groups in total. The molecule has 2 saturated carbocycles. The first-order valence-corrected chi connectivity index (χ1v) is 12.4. The van der Waals surface area contributed by atoms with Crippen LogP contribution in [0.2, 0.25) is 0 Å². The average Bonchev–Trinajstić information content (AvgIpc) is 3.81. The third kappa shape index (κ3) is 4.01. The molecule has 0 bridgehead atoms. The van der Waals surface area contributed by atoms with E-state index >= 15 is 0 Å². The molecular formula is C26H25N7O4. The molecule has 188 valence electrons. The van der Waals surface area contributed by atoms with E-state index < -0.39 is 5.54 Å². The third-order valence-corrected chi connectivity index (χ3v) is 7.31. The maximum Gasteiger partial charge on any atom is 0.331 e. The normalized spacial score (nSPS) is 17.9. The minimum Gasteiger partial charge on any atom is -0.439 e. The quantitative estimate of drug-likeness (QED) is 0.425. The molecule has 2 amide bonds. The Morgan fingerprint density at radius 2 is 2.03 bits per heavy atom. The molecule has 3 aliphatic rings. The van der Waals surface area contributed by atoms with Gasteiger partial charge in [-0.25, -0.2) is 14.8 Å². The Kier molecular flexibility index (Phi) is 4.83. The molecule has 0 atom stereocenters. The van der Waals surface area contributed by atoms with Crippen molar-refractivity contribution in [1.82, 2.24) is 24.6 Å². The summed E-state index contributed by atoms with van der Waals surface area (Å²) >= 11 is 0. The average molecular weight is 500 g/mol. The molecule has 4 heterocycles. The third-order valence-electron chi connectivity index (χ3n) is 7.31. The number of aromatic nitrogens is 4. The summed E-state index contributed by atoms with van der Waals surface area (Å²) in [5, 5.41) is 7.58. The molecule has 3 aromatic heterocycles. The van der Waals surface area contributed by atoms with Gasteiger partial charge in [0.05, 0.1) is 23.3 Å². The molecule has 37 heavy (non-hydrogen) atoms. The van der Waals surface area contributed by atoms with E-state index in [4.69, 9.17) is 15.0 Å². The van der Waals surface area contributed by atoms with Crippen LogP contribution in [0, 0.1) is 0 Å². The van der Waals surface area contributed by atoms with Crippen LogP contribution in [-0.2, 0) is 17.8 Å². The van der Waals surface area contributed by atoms with E-state index in [1.807, 2.05) is 18.2 Å². The number of hydrogen-bond acceptors (Lipinski definition) is 8. The molecule has 4 aromatic rings. The zero-order chi connectivity index (χ0) is 25.1. The number of hydrogen-bond donors (Lipinski definition) is 2. The van der Waals surface area contributed by atoms with Gasteiger partial charge in [0.2, 0.25) is 11.8 Å². The van der Waals surface area contributed by atoms with E-state index in [1.54, 1.807) is 23.2 Å². The fourth-order valence-corrected chi connectivity index (χ4v) is 4.80. The van der Waals surface area contributed by atoms with Crippen LogP contribution in [0.15, 0.2) is 47.4 Å². The molecule has 2 fully saturated rings. The van der Waals surface area contributed by atoms with Crippen LogP contribution >= 0.6 is 0 Å². The van der Waals surface area contributed by atoms with Crippen molar-refractivity contribution < 1.29 is 18.8 Å². The smallest absolute Gasteiger partial charge is 0.331 e. The molecule has 2 aliphatic carbocycles. The fourth-order valence-electron chi connectivity index (χ4n) is 4.80. The number of carbonyl (C=O) groups excluding carboxylic acids is 2. The van der Waals surface area contributed by atoms with Gasteiger partial charge in [0.15, 0.2) is 5.82 Å². The zero-order valence-corrected chi connectivity index (χ0v) is 20.0. The number of carbonyl (C=O) groups is 2. The highest BCUT2D eigenvalue weighted by molar-refractivity contribution is 5.98. The Hall–Kier alpha value is -4.25. The Balaban J connectivity index is 1.08. The first kappa shape index (κ1) is 22.0. The van der Waals surface area contributed by atoms with Gasteiger partial charge in [-0.1, -0.05) is 5.16 Å². The molecule has 7 rings (SSSR count). The van der Waals surface area contributed by atoms with Crippen molar-refractivity contribution in [2.24, 2.45) is 5.73 Å². The van der Waals surface area contributed by atoms with E-state index in [2.05, 4.69) is 20.4 Å². The second-order valence-electron chi connectivity index (χ2n) is 10.1. The van der Waals surface area contributed by atoms with Gasteiger partial charge in [0.25, 0.3) is 0 Å². The second kappa shape index (κ2) is 8.13. The minimum atomic E-state index is -0.693. The van der Waals surface area contributed by atoms with Crippen LogP contribution < -0.4 is 15.8 Å². The molecule has 0 saturated heterocycles. The number of nitrogens with one attached hydrogen (secondary N) is 1. The van der Waals surface area contributed by atoms with E-state index in [-0.39, 0.29) is 11.9 Å². The Bertz CT molecular complexity index is 1550. The molecule has 0 unspecified atom stereocenters. The fraction of sp³-hybridized carbons (Fsp3) is 0.346. The summed E-state index contributed by atoms with van der Waals surface area (Å²) in [6.45, 7) is 0.954. The molecular weight excluding hydrogens is 474 g/mol. The summed E-state index contributed by atoms with van der Waals surface area (Å²) in [4.78, 5) is 36.0. The van der Waals surface area contributed by atoms with E-state index in [0.717, 1.165) is 53.6 Å². The maximum atomic E-state index is 12.8. The standard InChI is InChI=1S/C26H25N7O4/c27-26(7-8-26)24(34)32-9-6-18-19(13-32)28-14-29-23(18)36-17-3-4-20-16(11-17)5-10-33(20)25(35)30-22-12-21(37-31-22)15-1-2-15/h3-5,10-12,14-15H,1-2,6-9,13,27H2,(H,30,31,35). The predicted molar refractivity (Wildman–Crippen MR) is 132 cm³/mol. The summed E-state index contributed by atoms with van der Waals surface area (Å²) in [5.41, 5.74) is 7.81. The number of amides is 2. The van der Waals surface area contributed by atoms with Crippen LogP contribution in [0.3, 0.4) is 0 Å². The van der Waals surface area contributed by atoms with Crippen molar-refractivity contribution in [2.75, 3.05) is 11.9 Å². The number of nitrogens with two attached hydrogens (primary N) is 1. The first-order valence-electron chi connectivity index (χ1n) is 12.4. The van der Waals surface area contributed by atoms with Crippen molar-refractivity contribution in [3.05, 3.63) is 59.9 Å². The summed E-state index contributed by atoms with van der Waals surface area (Å²) in [5.74, 6) is 2.69. The molecule has 1 aliphatic heterocycles. The van der Waals surface area contributed by atoms with Crippen molar-refractivity contribution >= 4 is 28.7 Å². The van der Waals surface area contributed by atoms with Gasteiger partial charge in [0, 0.05) is 35.7 Å². The van der Waals surface area contributed by atoms with Gasteiger partial charge in [-0.15, -0.1) is 0 Å². The number of fused-ring (bicyclic) bond motifs is 2. The minimum absolute atomic E-state index is 0.00913. The van der Waals surface area contributed by atoms with Crippen molar-refractivity contribution in [2.45, 2.75) is 50.1 Å². The van der Waals surface area contributed by atoms with Crippen LogP contribution in [0.25, 0.3) is 10.9 Å². The molecule has 0 spiro atoms. The largest absolute Gasteiger partial charge is 0.439 e. The lowest BCUT2D eigenvalue weighted by molar-refractivity contribution is -0.134. The van der Waals surface area contributed by atoms with Crippen LogP contribution in [0.4, 0.5) is 10.6 Å². The van der Waals surface area contributed by atoms with Crippen LogP contribution in [-0.4, -0.2) is 48.6 Å². The number of ether oxygens (including phenoxy) is 1. The van der Waals surface area contributed by atoms with Crippen LogP contribution in [0.1, 0.15) is 48.6 Å². The lowest BCUT2D eigenvalue weighted by atomic mass is 10.0. The highest BCUT2D eigenvalue weighted by atomic mass is 16.5. The molecule has 1 aromatic carbocycles. The second-order valence-corrected chi connectivity index (χ2v) is 10.1. The van der Waals surface area contributed by atoms with Gasteiger partial charge in [-0.2, -0.15) is 0 Å². The Morgan fingerprint density at radius 1 is 1.16 bits per heavy atom. The van der Waals surface area contributed by atoms with Crippen LogP contribution in [0.5, 0.6) is 11.6 Å². The van der Waals surface area contributed by atoms with E-state index in [0.29, 0.717) is 42.9 Å². The van der Waals surface area contributed by atoms with Crippen molar-refractivity contribution in [3.8, 4) is 11.6 Å². The number of rotatable bonds is 5. The lowest BCUT2D eigenvalue weighted by Gasteiger charge is -2.30. The SMILES string of the molecule is NC1(C(=O)N2CCc3c(ncnc3Oc3ccc4c(ccn4C(=O)Nc4cc(C5CC5)on4)c3)C2)CC1. The first-order chi connectivity index (χ1) is 18.0. The molecule has 11 heteroatoms. The van der Waals surface area contributed by atoms with Crippen molar-refractivity contribution in [1.29, 1.82) is 0 Å². The summed E-state index contributed by atoms with van der Waals surface area (Å²) in [6.07, 6.45) is 7.42. The monoisotopic (exact) mass is 499 g/mol. The van der Waals surface area contributed by atoms with E-state index in [1.165, 1.54) is 10.9 Å². The Morgan fingerprint density at radius 3 is 2.84 bits per heavy atom. The van der Waals surface area contributed by atoms with E-state index in [9.17, 15) is 9.59 Å². The van der Waals surface area contributed by atoms with Gasteiger partial charge in [-0.05, 0) is 56.4 Å². The highest BCUT2D eigenvalue weighted by Gasteiger charge is 2.48. The summed E-state index contributed by atoms with van der Waals surface area (Å²) in [7, 11) is 0. The number of benzene rings is 1. The number of nitrogens with zero attached hydrogens (tertiary/aromatic N) is 5. The summed E-state index contributed by atoms with van der Waals surface area (Å²) in [6, 6.07) is 8.79. The highest BCUT2D eigenvalue weighted by Crippen LogP contribution is 2.41. The number of anilines is 1. The molecule has 0 radical (unpaired) electrons. The lowest BCUT2D eigenvalue weighted by Crippen LogP contribution is -2.47. The van der Waals surface area contributed by atoms with Crippen molar-refractivity contribution in [3.63, 3.8) is 0 Å². The van der Waals surface area contributed by atoms with Gasteiger partial charge in [0.1, 0.15) is 17.8 Å².